The summed E-state index contributed by atoms with van der Waals surface area (Å²) in [7, 11) is 0. The summed E-state index contributed by atoms with van der Waals surface area (Å²) in [6, 6.07) is 0. The molecule has 0 unspecified atom stereocenters. The maximum absolute atomic E-state index is 10.2. The summed E-state index contributed by atoms with van der Waals surface area (Å²) in [4.78, 5) is 10.2. The van der Waals surface area contributed by atoms with Gasteiger partial charge in [-0.3, -0.25) is 0 Å². The second kappa shape index (κ2) is 17.3. The lowest BCUT2D eigenvalue weighted by Gasteiger charge is -2.02. The molecule has 21 heavy (non-hydrogen) atoms. The van der Waals surface area contributed by atoms with Crippen LogP contribution in [0.4, 0.5) is 0 Å². The van der Waals surface area contributed by atoms with Crippen molar-refractivity contribution in [2.24, 2.45) is 0 Å². The fourth-order valence-corrected chi connectivity index (χ4v) is 2.52. The summed E-state index contributed by atoms with van der Waals surface area (Å²) in [5, 5.41) is 10.2. The van der Waals surface area contributed by atoms with Gasteiger partial charge in [-0.05, 0) is 38.5 Å². The molecule has 2 nitrogen and oxygen atoms in total. The first-order valence-electron chi connectivity index (χ1n) is 9.12. The van der Waals surface area contributed by atoms with Gasteiger partial charge in [0.1, 0.15) is 0 Å². The van der Waals surface area contributed by atoms with Crippen LogP contribution in [0.1, 0.15) is 103 Å². The zero-order chi connectivity index (χ0) is 15.6. The van der Waals surface area contributed by atoms with E-state index in [0.29, 0.717) is 0 Å². The quantitative estimate of drug-likeness (QED) is 0.291. The van der Waals surface area contributed by atoms with E-state index in [4.69, 9.17) is 0 Å². The summed E-state index contributed by atoms with van der Waals surface area (Å²) in [5.41, 5.74) is 0. The first-order chi connectivity index (χ1) is 10.3. The van der Waals surface area contributed by atoms with Crippen LogP contribution in [0, 0.1) is 0 Å². The zero-order valence-electron chi connectivity index (χ0n) is 14.1. The number of carboxylic acid groups (broad SMARTS) is 1. The molecule has 0 saturated heterocycles. The molecule has 0 N–H and O–H groups in total. The monoisotopic (exact) mass is 295 g/mol. The molecule has 0 aromatic heterocycles. The molecule has 2 heteroatoms. The number of rotatable bonds is 16. The predicted octanol–water partition coefficient (Wildman–Crippen LogP) is 5.16. The molecule has 124 valence electrons. The number of hydrogen-bond donors (Lipinski definition) is 0. The van der Waals surface area contributed by atoms with Gasteiger partial charge < -0.3 is 9.90 Å². The van der Waals surface area contributed by atoms with Crippen molar-refractivity contribution in [1.82, 2.24) is 0 Å². The Hall–Kier alpha value is -0.790. The van der Waals surface area contributed by atoms with Gasteiger partial charge in [-0.2, -0.15) is 0 Å². The molecule has 0 bridgehead atoms. The number of carboxylic acids is 1. The zero-order valence-corrected chi connectivity index (χ0v) is 14.1. The van der Waals surface area contributed by atoms with Gasteiger partial charge in [0.15, 0.2) is 0 Å². The van der Waals surface area contributed by atoms with Gasteiger partial charge in [-0.1, -0.05) is 76.9 Å². The van der Waals surface area contributed by atoms with Gasteiger partial charge in [0.05, 0.1) is 0 Å². The second-order valence-electron chi connectivity index (χ2n) is 6.06. The van der Waals surface area contributed by atoms with Gasteiger partial charge in [-0.15, -0.1) is 0 Å². The summed E-state index contributed by atoms with van der Waals surface area (Å²) in [6.45, 7) is 2.26. The molecule has 0 saturated carbocycles. The Morgan fingerprint density at radius 2 is 1.14 bits per heavy atom. The van der Waals surface area contributed by atoms with Gasteiger partial charge in [0, 0.05) is 5.97 Å². The first-order valence-corrected chi connectivity index (χ1v) is 9.12. The van der Waals surface area contributed by atoms with Crippen molar-refractivity contribution < 1.29 is 9.90 Å². The lowest BCUT2D eigenvalue weighted by Crippen LogP contribution is -2.21. The van der Waals surface area contributed by atoms with Crippen LogP contribution in [0.15, 0.2) is 12.2 Å². The van der Waals surface area contributed by atoms with Crippen LogP contribution in [0.3, 0.4) is 0 Å². The largest absolute Gasteiger partial charge is 0.550 e. The third kappa shape index (κ3) is 19.2. The summed E-state index contributed by atoms with van der Waals surface area (Å²) in [6.07, 6.45) is 22.4. The molecule has 0 aliphatic rings. The van der Waals surface area contributed by atoms with Crippen LogP contribution in [-0.2, 0) is 4.79 Å². The first kappa shape index (κ1) is 20.2. The third-order valence-corrected chi connectivity index (χ3v) is 3.89. The normalized spacial score (nSPS) is 11.3. The minimum Gasteiger partial charge on any atom is -0.550 e. The van der Waals surface area contributed by atoms with E-state index in [1.807, 2.05) is 0 Å². The van der Waals surface area contributed by atoms with Crippen molar-refractivity contribution >= 4 is 5.97 Å². The number of allylic oxidation sites excluding steroid dienone is 2. The van der Waals surface area contributed by atoms with Crippen molar-refractivity contribution in [3.8, 4) is 0 Å². The van der Waals surface area contributed by atoms with Crippen LogP contribution < -0.4 is 5.11 Å². The Balaban J connectivity index is 3.07. The van der Waals surface area contributed by atoms with E-state index < -0.39 is 5.97 Å². The summed E-state index contributed by atoms with van der Waals surface area (Å²) in [5.74, 6) is -0.912. The number of aliphatic carboxylic acids is 1. The fraction of sp³-hybridized carbons (Fsp3) is 0.842. The van der Waals surface area contributed by atoms with Crippen LogP contribution in [0.25, 0.3) is 0 Å². The second-order valence-corrected chi connectivity index (χ2v) is 6.06. The summed E-state index contributed by atoms with van der Waals surface area (Å²) < 4.78 is 0. The molecule has 0 radical (unpaired) electrons. The van der Waals surface area contributed by atoms with Crippen LogP contribution in [0.5, 0.6) is 0 Å². The topological polar surface area (TPSA) is 40.1 Å². The predicted molar refractivity (Wildman–Crippen MR) is 89.1 cm³/mol. The number of unbranched alkanes of at least 4 members (excludes halogenated alkanes) is 12. The van der Waals surface area contributed by atoms with Gasteiger partial charge in [0.25, 0.3) is 0 Å². The molecule has 0 atom stereocenters. The van der Waals surface area contributed by atoms with Crippen molar-refractivity contribution in [2.75, 3.05) is 0 Å². The highest BCUT2D eigenvalue weighted by Gasteiger charge is 1.92. The van der Waals surface area contributed by atoms with Gasteiger partial charge in [0.2, 0.25) is 0 Å². The fourth-order valence-electron chi connectivity index (χ4n) is 2.52. The van der Waals surface area contributed by atoms with Crippen LogP contribution in [-0.4, -0.2) is 5.97 Å². The van der Waals surface area contributed by atoms with E-state index in [2.05, 4.69) is 19.1 Å². The summed E-state index contributed by atoms with van der Waals surface area (Å²) >= 11 is 0. The van der Waals surface area contributed by atoms with Crippen molar-refractivity contribution in [1.29, 1.82) is 0 Å². The average molecular weight is 295 g/mol. The minimum atomic E-state index is -0.912. The maximum atomic E-state index is 10.2. The minimum absolute atomic E-state index is 0.223. The van der Waals surface area contributed by atoms with Gasteiger partial charge >= 0.3 is 0 Å². The Kier molecular flexibility index (Phi) is 16.6. The number of hydrogen-bond acceptors (Lipinski definition) is 2. The lowest BCUT2D eigenvalue weighted by atomic mass is 10.1. The molecule has 0 aliphatic heterocycles. The molecular weight excluding hydrogens is 260 g/mol. The molecule has 0 spiro atoms. The third-order valence-electron chi connectivity index (χ3n) is 3.89. The maximum Gasteiger partial charge on any atom is 0.0414 e. The molecule has 0 aromatic rings. The van der Waals surface area contributed by atoms with E-state index >= 15 is 0 Å². The Morgan fingerprint density at radius 1 is 0.714 bits per heavy atom. The molecular formula is C19H35O2-. The van der Waals surface area contributed by atoms with E-state index in [9.17, 15) is 9.90 Å². The Morgan fingerprint density at radius 3 is 1.62 bits per heavy atom. The Labute approximate surface area is 132 Å². The molecule has 0 fully saturated rings. The molecule has 0 rings (SSSR count). The highest BCUT2D eigenvalue weighted by Crippen LogP contribution is 2.10. The van der Waals surface area contributed by atoms with E-state index in [1.54, 1.807) is 0 Å². The molecule has 0 heterocycles. The molecule has 0 aliphatic carbocycles. The highest BCUT2D eigenvalue weighted by atomic mass is 16.4. The van der Waals surface area contributed by atoms with E-state index in [-0.39, 0.29) is 6.42 Å². The van der Waals surface area contributed by atoms with E-state index in [1.165, 1.54) is 70.6 Å². The molecule has 0 amide bonds. The van der Waals surface area contributed by atoms with Crippen molar-refractivity contribution in [3.05, 3.63) is 12.2 Å². The van der Waals surface area contributed by atoms with Crippen molar-refractivity contribution in [2.45, 2.75) is 103 Å². The Bertz CT molecular complexity index is 246. The van der Waals surface area contributed by atoms with Crippen LogP contribution in [0.2, 0.25) is 0 Å². The van der Waals surface area contributed by atoms with Crippen LogP contribution >= 0.6 is 0 Å². The standard InChI is InChI=1S/C19H36O2/c1-2-3-4-5-6-7-8-9-10-11-12-13-14-15-16-17-18-19(20)21/h9-10H,2-8,11-18H2,1H3,(H,20,21)/p-1/b10-9-. The highest BCUT2D eigenvalue weighted by molar-refractivity contribution is 5.63. The average Bonchev–Trinajstić information content (AvgIpc) is 2.46. The lowest BCUT2D eigenvalue weighted by molar-refractivity contribution is -0.305. The van der Waals surface area contributed by atoms with Gasteiger partial charge in [-0.25, -0.2) is 0 Å². The van der Waals surface area contributed by atoms with E-state index in [0.717, 1.165) is 19.3 Å². The van der Waals surface area contributed by atoms with Crippen molar-refractivity contribution in [3.63, 3.8) is 0 Å². The smallest absolute Gasteiger partial charge is 0.0414 e. The number of carbonyl (C=O) groups is 1. The SMILES string of the molecule is CCCCCCCC/C=C\CCCCCCCCC(=O)[O-]. The molecule has 0 aromatic carbocycles. The number of carbonyl (C=O) groups excluding carboxylic acids is 1.